The fourth-order valence-electron chi connectivity index (χ4n) is 6.10. The molecule has 1 N–H and O–H groups in total. The van der Waals surface area contributed by atoms with E-state index in [4.69, 9.17) is 32.5 Å². The molecule has 3 aromatic rings. The topological polar surface area (TPSA) is 55.5 Å². The average Bonchev–Trinajstić information content (AvgIpc) is 3.56. The van der Waals surface area contributed by atoms with E-state index in [1.807, 2.05) is 30.3 Å². The van der Waals surface area contributed by atoms with Crippen molar-refractivity contribution >= 4 is 39.1 Å². The fourth-order valence-corrected chi connectivity index (χ4v) is 7.07. The molecule has 2 bridgehead atoms. The molecule has 6 rings (SSSR count). The quantitative estimate of drug-likeness (QED) is 0.332. The zero-order valence-corrected chi connectivity index (χ0v) is 21.7. The predicted octanol–water partition coefficient (Wildman–Crippen LogP) is 7.88. The van der Waals surface area contributed by atoms with Crippen molar-refractivity contribution in [2.24, 2.45) is 11.8 Å². The van der Waals surface area contributed by atoms with Crippen LogP contribution in [0.1, 0.15) is 61.3 Å². The molecule has 7 heteroatoms. The number of aliphatic hydroxyl groups is 1. The summed E-state index contributed by atoms with van der Waals surface area (Å²) in [6.45, 7) is 0.408. The van der Waals surface area contributed by atoms with Gasteiger partial charge in [-0.25, -0.2) is 0 Å². The summed E-state index contributed by atoms with van der Waals surface area (Å²) in [5.74, 6) is 1.67. The normalized spacial score (nSPS) is 28.4. The highest BCUT2D eigenvalue weighted by Gasteiger charge is 2.54. The third-order valence-corrected chi connectivity index (χ3v) is 9.04. The minimum atomic E-state index is -0.781. The smallest absolute Gasteiger partial charge is 0.145 e. The Kier molecular flexibility index (Phi) is 6.06. The monoisotopic (exact) mass is 561 g/mol. The number of nitrogens with zero attached hydrogens (tertiary/aromatic N) is 1. The summed E-state index contributed by atoms with van der Waals surface area (Å²) in [7, 11) is 0. The van der Waals surface area contributed by atoms with Crippen LogP contribution < -0.4 is 0 Å². The second kappa shape index (κ2) is 8.94. The van der Waals surface area contributed by atoms with Gasteiger partial charge in [-0.15, -0.1) is 0 Å². The van der Waals surface area contributed by atoms with Crippen LogP contribution >= 0.6 is 39.1 Å². The van der Waals surface area contributed by atoms with Gasteiger partial charge in [0.05, 0.1) is 28.4 Å². The lowest BCUT2D eigenvalue weighted by molar-refractivity contribution is -0.116. The summed E-state index contributed by atoms with van der Waals surface area (Å²) >= 11 is 16.6. The first-order chi connectivity index (χ1) is 16.4. The van der Waals surface area contributed by atoms with Gasteiger partial charge in [0.25, 0.3) is 0 Å². The van der Waals surface area contributed by atoms with Crippen molar-refractivity contribution in [1.82, 2.24) is 5.16 Å². The van der Waals surface area contributed by atoms with Crippen molar-refractivity contribution in [3.05, 3.63) is 73.9 Å². The maximum atomic E-state index is 11.8. The van der Waals surface area contributed by atoms with E-state index in [1.54, 1.807) is 0 Å². The van der Waals surface area contributed by atoms with Crippen molar-refractivity contribution in [2.45, 2.75) is 62.8 Å². The van der Waals surface area contributed by atoms with Crippen molar-refractivity contribution < 1.29 is 14.4 Å². The maximum Gasteiger partial charge on any atom is 0.145 e. The molecule has 3 aliphatic rings. The standard InChI is InChI=1S/C27H26BrCl2NO3/c28-19-4-1-3-16(11-19)27(32)17-9-10-18(27)13-20(12-17)33-14-21-25(31-34-26(21)15-7-8-15)24-22(29)5-2-6-23(24)30/h1-6,11,15,17-18,20,32H,7-10,12-14H2/t17-,18+,20?,27?. The minimum Gasteiger partial charge on any atom is -0.385 e. The lowest BCUT2D eigenvalue weighted by Crippen LogP contribution is -2.44. The second-order valence-corrected chi connectivity index (χ2v) is 11.7. The van der Waals surface area contributed by atoms with Gasteiger partial charge in [-0.2, -0.15) is 0 Å². The minimum absolute atomic E-state index is 0.0847. The fraction of sp³-hybridized carbons (Fsp3) is 0.444. The van der Waals surface area contributed by atoms with Gasteiger partial charge < -0.3 is 14.4 Å². The summed E-state index contributed by atoms with van der Waals surface area (Å²) in [6, 6.07) is 13.6. The molecule has 3 saturated carbocycles. The molecule has 4 atom stereocenters. The highest BCUT2D eigenvalue weighted by molar-refractivity contribution is 9.10. The van der Waals surface area contributed by atoms with Crippen molar-refractivity contribution in [2.75, 3.05) is 0 Å². The predicted molar refractivity (Wildman–Crippen MR) is 136 cm³/mol. The molecule has 0 aliphatic heterocycles. The van der Waals surface area contributed by atoms with Gasteiger partial charge in [0, 0.05) is 21.5 Å². The molecule has 2 unspecified atom stereocenters. The molecule has 0 amide bonds. The van der Waals surface area contributed by atoms with Gasteiger partial charge in [-0.05, 0) is 80.2 Å². The first-order valence-corrected chi connectivity index (χ1v) is 13.5. The van der Waals surface area contributed by atoms with Crippen LogP contribution in [0, 0.1) is 11.8 Å². The SMILES string of the molecule is OC1(c2cccc(Br)c2)[C@@H]2CC[C@H]1CC(OCc1c(-c3c(Cl)cccc3Cl)noc1C1CC1)C2. The Bertz CT molecular complexity index is 1190. The van der Waals surface area contributed by atoms with Crippen molar-refractivity contribution in [3.63, 3.8) is 0 Å². The molecule has 34 heavy (non-hydrogen) atoms. The summed E-state index contributed by atoms with van der Waals surface area (Å²) in [6.07, 6.45) is 6.01. The number of halogens is 3. The molecular weight excluding hydrogens is 537 g/mol. The molecule has 3 fully saturated rings. The molecule has 178 valence electrons. The van der Waals surface area contributed by atoms with Gasteiger partial charge in [0.2, 0.25) is 0 Å². The number of aromatic nitrogens is 1. The van der Waals surface area contributed by atoms with Crippen LogP contribution in [-0.4, -0.2) is 16.4 Å². The van der Waals surface area contributed by atoms with Crippen LogP contribution in [0.5, 0.6) is 0 Å². The Balaban J connectivity index is 1.24. The Morgan fingerprint density at radius 1 is 1.03 bits per heavy atom. The Morgan fingerprint density at radius 3 is 2.35 bits per heavy atom. The lowest BCUT2D eigenvalue weighted by atomic mass is 9.69. The summed E-state index contributed by atoms with van der Waals surface area (Å²) in [4.78, 5) is 0. The van der Waals surface area contributed by atoms with E-state index in [2.05, 4.69) is 33.2 Å². The summed E-state index contributed by atoms with van der Waals surface area (Å²) in [5.41, 5.74) is 2.57. The van der Waals surface area contributed by atoms with E-state index >= 15 is 0 Å². The number of benzene rings is 2. The van der Waals surface area contributed by atoms with Gasteiger partial charge in [0.1, 0.15) is 11.5 Å². The third-order valence-electron chi connectivity index (χ3n) is 7.92. The van der Waals surface area contributed by atoms with E-state index in [0.717, 1.165) is 59.9 Å². The third kappa shape index (κ3) is 3.94. The van der Waals surface area contributed by atoms with Crippen LogP contribution in [-0.2, 0) is 16.9 Å². The maximum absolute atomic E-state index is 11.8. The number of hydrogen-bond donors (Lipinski definition) is 1. The average molecular weight is 563 g/mol. The number of rotatable bonds is 6. The molecule has 0 saturated heterocycles. The number of hydrogen-bond acceptors (Lipinski definition) is 4. The van der Waals surface area contributed by atoms with Gasteiger partial charge in [0.15, 0.2) is 0 Å². The molecule has 0 radical (unpaired) electrons. The Labute approximate surface area is 217 Å². The van der Waals surface area contributed by atoms with Crippen molar-refractivity contribution in [3.8, 4) is 11.3 Å². The molecule has 1 aromatic heterocycles. The van der Waals surface area contributed by atoms with Crippen LogP contribution in [0.2, 0.25) is 10.0 Å². The van der Waals surface area contributed by atoms with Gasteiger partial charge >= 0.3 is 0 Å². The molecule has 3 aliphatic carbocycles. The molecule has 0 spiro atoms. The molecule has 1 heterocycles. The number of fused-ring (bicyclic) bond motifs is 2. The molecular formula is C27H26BrCl2NO3. The zero-order chi connectivity index (χ0) is 23.4. The van der Waals surface area contributed by atoms with Gasteiger partial charge in [-0.3, -0.25) is 0 Å². The van der Waals surface area contributed by atoms with E-state index in [0.29, 0.717) is 33.8 Å². The highest BCUT2D eigenvalue weighted by atomic mass is 79.9. The van der Waals surface area contributed by atoms with Crippen LogP contribution in [0.15, 0.2) is 51.5 Å². The lowest BCUT2D eigenvalue weighted by Gasteiger charge is -2.43. The van der Waals surface area contributed by atoms with E-state index < -0.39 is 5.60 Å². The largest absolute Gasteiger partial charge is 0.385 e. The summed E-state index contributed by atoms with van der Waals surface area (Å²) < 4.78 is 13.3. The Morgan fingerprint density at radius 2 is 1.71 bits per heavy atom. The molecule has 4 nitrogen and oxygen atoms in total. The van der Waals surface area contributed by atoms with Crippen LogP contribution in [0.4, 0.5) is 0 Å². The van der Waals surface area contributed by atoms with E-state index in [-0.39, 0.29) is 17.9 Å². The first kappa shape index (κ1) is 23.1. The first-order valence-electron chi connectivity index (χ1n) is 12.0. The van der Waals surface area contributed by atoms with Crippen molar-refractivity contribution in [1.29, 1.82) is 0 Å². The summed E-state index contributed by atoms with van der Waals surface area (Å²) in [5, 5.41) is 17.3. The highest BCUT2D eigenvalue weighted by Crippen LogP contribution is 2.56. The Hall–Kier alpha value is -1.37. The van der Waals surface area contributed by atoms with E-state index in [9.17, 15) is 5.11 Å². The van der Waals surface area contributed by atoms with Gasteiger partial charge in [-0.1, -0.05) is 62.5 Å². The molecule has 2 aromatic carbocycles. The zero-order valence-electron chi connectivity index (χ0n) is 18.6. The van der Waals surface area contributed by atoms with Crippen LogP contribution in [0.3, 0.4) is 0 Å². The second-order valence-electron chi connectivity index (χ2n) is 9.96. The van der Waals surface area contributed by atoms with Crippen LogP contribution in [0.25, 0.3) is 11.3 Å². The van der Waals surface area contributed by atoms with E-state index in [1.165, 1.54) is 0 Å². The number of ether oxygens (including phenoxy) is 1.